The predicted molar refractivity (Wildman–Crippen MR) is 622 cm³/mol. The van der Waals surface area contributed by atoms with E-state index in [4.69, 9.17) is 0 Å². The van der Waals surface area contributed by atoms with Gasteiger partial charge in [0.1, 0.15) is 5.82 Å². The molecule has 0 aromatic carbocycles. The third kappa shape index (κ3) is 55.0. The van der Waals surface area contributed by atoms with Crippen molar-refractivity contribution in [3.05, 3.63) is 341 Å². The minimum Gasteiger partial charge on any atom is -0.357 e. The molecule has 147 heavy (non-hydrogen) atoms. The molecule has 0 atom stereocenters. The van der Waals surface area contributed by atoms with E-state index >= 15 is 0 Å². The molecule has 0 saturated heterocycles. The van der Waals surface area contributed by atoms with E-state index < -0.39 is 0 Å². The summed E-state index contributed by atoms with van der Waals surface area (Å²) in [4.78, 5) is 37.5. The minimum atomic E-state index is 0.214. The number of hydrogen-bond acceptors (Lipinski definition) is 15. The molecule has 0 unspecified atom stereocenters. The summed E-state index contributed by atoms with van der Waals surface area (Å²) < 4.78 is 13.4. The van der Waals surface area contributed by atoms with Gasteiger partial charge in [-0.25, -0.2) is 14.6 Å². The summed E-state index contributed by atoms with van der Waals surface area (Å²) in [6, 6.07) is 42.2. The Bertz CT molecular complexity index is 5410. The maximum atomic E-state index is 9.20. The van der Waals surface area contributed by atoms with E-state index in [1.165, 1.54) is 97.5 Å². The Kier molecular flexibility index (Phi) is 61.0. The van der Waals surface area contributed by atoms with Gasteiger partial charge < -0.3 is 9.13 Å². The fourth-order valence-electron chi connectivity index (χ4n) is 13.7. The average molecular weight is 2010 g/mol. The Morgan fingerprint density at radius 3 is 1.27 bits per heavy atom. The first-order valence-corrected chi connectivity index (χ1v) is 53.6. The van der Waals surface area contributed by atoms with E-state index in [9.17, 15) is 5.21 Å². The number of hydrogen-bond donors (Lipinski definition) is 1. The van der Waals surface area contributed by atoms with E-state index in [-0.39, 0.29) is 10.8 Å². The number of nitrogens with zero attached hydrogens (tertiary/aromatic N) is 21. The zero-order valence-electron chi connectivity index (χ0n) is 99.3. The zero-order valence-corrected chi connectivity index (χ0v) is 99.3. The lowest BCUT2D eigenvalue weighted by atomic mass is 9.89. The fourth-order valence-corrected chi connectivity index (χ4v) is 13.7. The zero-order chi connectivity index (χ0) is 111. The van der Waals surface area contributed by atoms with Gasteiger partial charge in [-0.2, -0.15) is 15.3 Å². The van der Waals surface area contributed by atoms with Crippen LogP contribution in [0.4, 0.5) is 0 Å². The lowest BCUT2D eigenvalue weighted by Gasteiger charge is -2.23. The van der Waals surface area contributed by atoms with Gasteiger partial charge in [0.2, 0.25) is 11.9 Å². The monoisotopic (exact) mass is 2010 g/mol. The Morgan fingerprint density at radius 2 is 0.946 bits per heavy atom. The van der Waals surface area contributed by atoms with E-state index in [0.29, 0.717) is 82.7 Å². The number of aromatic nitrogens is 19. The standard InChI is InChI=1S/C11H19N.C10H18N2.C9H15N.2C9H13N.C8H13N3.C8H12N2.C8H12NO.2C8H13N.3C8H11N.C7H12N2.C6H10N2/c1-9(2)12-8-6-7-10(12)11(3,4)5;1-5-8-12-9(6-7-11-12)10(2,3)4;1-9(2,3)8-5-6-10(4)7-8;1-7(2)9-5-4-8(3)10-6-9;1-7(2)9-5-4-8(3)6-10-9;1-6(2)11-5-8(9-10-11)7-3-4-7;1-6(2)8-4-9-7(3)10-5-8;1-7(2)8-5-3-4-6-9(8)10;2*1-6(2)8-5-4-7(3)9-8;1-7(2)8-3-5-9-6-4-8;1-7(2)8-4-3-5-9-6-8;1-7(2)8-5-3-4-6-9-8;1-6(2)7-4-5-8-9(7)3;1-6(2)8-5-3-4-7-8/h6-9H,1-5H3;6-7H,5,8H2,1-4H3;5-7H,1-4H3;2*4-7H,1-3H3;5-7H,3-4H2,1-2H3;4-6H,1-3H3;3-7,10H,1-2H3;2*5-6H,4H2,1-3H3;3*3-7H,1-2H3;4-6H,1-3H3;3-6H,1-2H3/q;;;;;;;+1;;;;;;;. The molecule has 806 valence electrons. The normalized spacial score (nSPS) is 12.3. The van der Waals surface area contributed by atoms with Gasteiger partial charge in [0.25, 0.3) is 0 Å². The quantitative estimate of drug-likeness (QED) is 0.0701. The lowest BCUT2D eigenvalue weighted by molar-refractivity contribution is -0.910. The molecule has 13 aromatic rings. The number of pyridine rings is 6. The molecule has 1 N–H and O–H groups in total. The van der Waals surface area contributed by atoms with Crippen molar-refractivity contribution >= 4 is 11.4 Å². The van der Waals surface area contributed by atoms with E-state index in [1.54, 1.807) is 24.7 Å². The van der Waals surface area contributed by atoms with Crippen LogP contribution in [0.15, 0.2) is 266 Å². The summed E-state index contributed by atoms with van der Waals surface area (Å²) in [6.45, 7) is 89.2. The van der Waals surface area contributed by atoms with Gasteiger partial charge in [-0.15, -0.1) is 5.10 Å². The molecule has 15 heterocycles. The molecule has 1 saturated carbocycles. The van der Waals surface area contributed by atoms with Gasteiger partial charge >= 0.3 is 0 Å². The minimum absolute atomic E-state index is 0.214. The Balaban J connectivity index is 0.000000533. The molecule has 22 heteroatoms. The van der Waals surface area contributed by atoms with Gasteiger partial charge in [0.05, 0.1) is 5.69 Å². The van der Waals surface area contributed by atoms with Gasteiger partial charge in [0, 0.05) is 253 Å². The van der Waals surface area contributed by atoms with Gasteiger partial charge in [-0.1, -0.05) is 249 Å². The van der Waals surface area contributed by atoms with Gasteiger partial charge in [0.15, 0.2) is 0 Å². The summed E-state index contributed by atoms with van der Waals surface area (Å²) in [6.07, 6.45) is 44.7. The van der Waals surface area contributed by atoms with Crippen LogP contribution in [0.3, 0.4) is 0 Å². The van der Waals surface area contributed by atoms with Crippen molar-refractivity contribution in [3.8, 4) is 0 Å². The first-order valence-electron chi connectivity index (χ1n) is 53.6. The summed E-state index contributed by atoms with van der Waals surface area (Å²) in [7, 11) is 4.02. The summed E-state index contributed by atoms with van der Waals surface area (Å²) in [5, 5.41) is 29.7. The van der Waals surface area contributed by atoms with Crippen LogP contribution in [-0.2, 0) is 36.9 Å². The van der Waals surface area contributed by atoms with Crippen molar-refractivity contribution < 1.29 is 9.94 Å². The Hall–Kier alpha value is -12.1. The second-order valence-electron chi connectivity index (χ2n) is 44.9. The van der Waals surface area contributed by atoms with Crippen molar-refractivity contribution in [2.24, 2.45) is 35.9 Å². The first-order chi connectivity index (χ1) is 68.9. The van der Waals surface area contributed by atoms with Crippen LogP contribution in [0.2, 0.25) is 0 Å². The third-order valence-electron chi connectivity index (χ3n) is 23.4. The number of aryl methyl sites for hydroxylation is 6. The van der Waals surface area contributed by atoms with E-state index in [1.807, 2.05) is 178 Å². The summed E-state index contributed by atoms with van der Waals surface area (Å²) >= 11 is 0. The first kappa shape index (κ1) is 131. The second-order valence-corrected chi connectivity index (χ2v) is 44.9. The van der Waals surface area contributed by atoms with Crippen molar-refractivity contribution in [1.82, 2.24) is 88.4 Å². The SMILES string of the molecule is CC(C)c1cccc[n+]1O.CC(C)c1ccccn1.CC(C)c1cccnc1.CC(C)c1ccncc1.CC(C)c1ccnn1C.CC(C)n1cc(C2CC2)nn1.CC(C)n1cccc1C(C)(C)C.CC(C)n1cccn1.CC1=NC(C(C)C)=CC1.CC1=NC(C(C)C)=CC1.CCCn1nccc1C(C)(C)C.Cc1ccc(C(C)C)cn1.Cc1ccc(C(C)C)nc1.Cc1ncc(C(C)C)cn1.Cn1ccc(C(C)(C)C)c1. The molecule has 1 aliphatic carbocycles. The fraction of sp³-hybridized carbons (Fsp3) is 0.528. The van der Waals surface area contributed by atoms with Gasteiger partial charge in [-0.3, -0.25) is 54.2 Å². The maximum Gasteiger partial charge on any atom is 0.236 e. The molecule has 0 amide bonds. The van der Waals surface area contributed by atoms with E-state index in [0.717, 1.165) is 59.4 Å². The van der Waals surface area contributed by atoms with Gasteiger partial charge in [-0.05, 0) is 272 Å². The number of allylic oxidation sites excluding steroid dienone is 4. The Morgan fingerprint density at radius 1 is 0.395 bits per heavy atom. The molecular weight excluding hydrogens is 1810 g/mol. The Labute approximate surface area is 891 Å². The summed E-state index contributed by atoms with van der Waals surface area (Å²) in [5.74, 6) is 7.13. The molecule has 0 spiro atoms. The highest BCUT2D eigenvalue weighted by molar-refractivity contribution is 5.87. The molecule has 0 bridgehead atoms. The lowest BCUT2D eigenvalue weighted by Crippen LogP contribution is -2.34. The van der Waals surface area contributed by atoms with Crippen molar-refractivity contribution in [1.29, 1.82) is 0 Å². The highest BCUT2D eigenvalue weighted by Crippen LogP contribution is 2.39. The van der Waals surface area contributed by atoms with E-state index in [2.05, 4.69) is 439 Å². The van der Waals surface area contributed by atoms with Crippen LogP contribution < -0.4 is 4.73 Å². The molecule has 1 fully saturated rings. The van der Waals surface area contributed by atoms with Crippen LogP contribution in [0.5, 0.6) is 0 Å². The molecule has 2 aliphatic heterocycles. The van der Waals surface area contributed by atoms with Crippen LogP contribution in [-0.4, -0.2) is 105 Å². The topological polar surface area (TPSA) is 233 Å². The van der Waals surface area contributed by atoms with Crippen LogP contribution >= 0.6 is 0 Å². The molecule has 13 aromatic heterocycles. The van der Waals surface area contributed by atoms with Crippen LogP contribution in [0.25, 0.3) is 0 Å². The largest absolute Gasteiger partial charge is 0.357 e. The highest BCUT2D eigenvalue weighted by Gasteiger charge is 2.27. The highest BCUT2D eigenvalue weighted by atomic mass is 16.5. The maximum absolute atomic E-state index is 9.20. The average Bonchev–Trinajstić information content (AvgIpc) is 1.68. The number of aliphatic imine (C=N–C) groups is 2. The van der Waals surface area contributed by atoms with Crippen LogP contribution in [0, 0.1) is 32.6 Å². The molecular formula is C125H196N21O+. The van der Waals surface area contributed by atoms with Crippen LogP contribution in [0.1, 0.15) is 451 Å². The number of rotatable bonds is 16. The predicted octanol–water partition coefficient (Wildman–Crippen LogP) is 32.7. The van der Waals surface area contributed by atoms with Crippen molar-refractivity contribution in [2.75, 3.05) is 0 Å². The third-order valence-corrected chi connectivity index (χ3v) is 23.4. The molecule has 22 nitrogen and oxygen atoms in total. The molecule has 3 aliphatic rings. The summed E-state index contributed by atoms with van der Waals surface area (Å²) in [5.41, 5.74) is 23.1. The second kappa shape index (κ2) is 68.5. The van der Waals surface area contributed by atoms with Crippen molar-refractivity contribution in [3.63, 3.8) is 0 Å². The molecule has 0 radical (unpaired) electrons. The smallest absolute Gasteiger partial charge is 0.236 e. The molecule has 16 rings (SSSR count). The van der Waals surface area contributed by atoms with Crippen molar-refractivity contribution in [2.45, 2.75) is 410 Å².